The maximum absolute atomic E-state index is 12.3. The molecule has 128 valence electrons. The number of piperidine rings is 1. The number of hydrogen-bond acceptors (Lipinski definition) is 4. The minimum atomic E-state index is -0.110. The van der Waals surface area contributed by atoms with Gasteiger partial charge in [0, 0.05) is 31.7 Å². The molecule has 1 amide bonds. The number of carbonyl (C=O) groups excluding carboxylic acids is 1. The summed E-state index contributed by atoms with van der Waals surface area (Å²) in [7, 11) is 0. The number of rotatable bonds is 6. The summed E-state index contributed by atoms with van der Waals surface area (Å²) in [5.74, 6) is 0.162. The Morgan fingerprint density at radius 3 is 2.36 bits per heavy atom. The number of aliphatic hydroxyl groups is 1. The van der Waals surface area contributed by atoms with Crippen molar-refractivity contribution in [1.29, 1.82) is 0 Å². The SMILES string of the molecule is CC1CCC(C)N1C(C)C(=O)NCCCN1CCC(O)CC1. The van der Waals surface area contributed by atoms with Gasteiger partial charge in [-0.3, -0.25) is 9.69 Å². The van der Waals surface area contributed by atoms with Crippen LogP contribution in [0.5, 0.6) is 0 Å². The molecule has 0 aromatic heterocycles. The van der Waals surface area contributed by atoms with Crippen LogP contribution in [0.1, 0.15) is 52.9 Å². The summed E-state index contributed by atoms with van der Waals surface area (Å²) >= 11 is 0. The van der Waals surface area contributed by atoms with Crippen molar-refractivity contribution >= 4 is 5.91 Å². The molecule has 2 saturated heterocycles. The second kappa shape index (κ2) is 8.27. The average molecular weight is 311 g/mol. The van der Waals surface area contributed by atoms with Gasteiger partial charge in [-0.1, -0.05) is 0 Å². The van der Waals surface area contributed by atoms with E-state index in [9.17, 15) is 9.90 Å². The lowest BCUT2D eigenvalue weighted by Crippen LogP contribution is -2.49. The van der Waals surface area contributed by atoms with Crippen molar-refractivity contribution in [2.24, 2.45) is 0 Å². The Kier molecular flexibility index (Phi) is 6.66. The van der Waals surface area contributed by atoms with E-state index in [0.29, 0.717) is 12.1 Å². The van der Waals surface area contributed by atoms with Gasteiger partial charge in [0.1, 0.15) is 0 Å². The lowest BCUT2D eigenvalue weighted by Gasteiger charge is -2.32. The van der Waals surface area contributed by atoms with Crippen LogP contribution in [-0.2, 0) is 4.79 Å². The van der Waals surface area contributed by atoms with Crippen molar-refractivity contribution in [1.82, 2.24) is 15.1 Å². The second-order valence-electron chi connectivity index (χ2n) is 7.12. The van der Waals surface area contributed by atoms with E-state index in [0.717, 1.165) is 45.4 Å². The molecule has 3 unspecified atom stereocenters. The van der Waals surface area contributed by atoms with Gasteiger partial charge in [-0.15, -0.1) is 0 Å². The third-order valence-corrected chi connectivity index (χ3v) is 5.35. The molecule has 5 heteroatoms. The predicted octanol–water partition coefficient (Wildman–Crippen LogP) is 1.21. The third kappa shape index (κ3) is 4.67. The molecule has 2 fully saturated rings. The summed E-state index contributed by atoms with van der Waals surface area (Å²) in [6, 6.07) is 0.990. The summed E-state index contributed by atoms with van der Waals surface area (Å²) in [6.45, 7) is 10.2. The van der Waals surface area contributed by atoms with E-state index in [1.165, 1.54) is 12.8 Å². The predicted molar refractivity (Wildman–Crippen MR) is 88.8 cm³/mol. The molecule has 2 N–H and O–H groups in total. The molecule has 22 heavy (non-hydrogen) atoms. The van der Waals surface area contributed by atoms with Crippen molar-refractivity contribution in [3.05, 3.63) is 0 Å². The normalized spacial score (nSPS) is 29.6. The van der Waals surface area contributed by atoms with Gasteiger partial charge >= 0.3 is 0 Å². The molecule has 0 radical (unpaired) electrons. The summed E-state index contributed by atoms with van der Waals surface area (Å²) in [4.78, 5) is 17.0. The van der Waals surface area contributed by atoms with E-state index in [-0.39, 0.29) is 18.1 Å². The molecule has 2 heterocycles. The summed E-state index contributed by atoms with van der Waals surface area (Å²) < 4.78 is 0. The number of hydrogen-bond donors (Lipinski definition) is 2. The maximum atomic E-state index is 12.3. The number of carbonyl (C=O) groups is 1. The Labute approximate surface area is 135 Å². The molecule has 0 bridgehead atoms. The summed E-state index contributed by atoms with van der Waals surface area (Å²) in [5.41, 5.74) is 0. The monoisotopic (exact) mass is 311 g/mol. The number of likely N-dealkylation sites (tertiary alicyclic amines) is 2. The number of nitrogens with zero attached hydrogens (tertiary/aromatic N) is 2. The Morgan fingerprint density at radius 1 is 1.18 bits per heavy atom. The van der Waals surface area contributed by atoms with E-state index in [1.807, 2.05) is 6.92 Å². The fourth-order valence-electron chi connectivity index (χ4n) is 3.92. The Balaban J connectivity index is 1.63. The number of nitrogens with one attached hydrogen (secondary N) is 1. The zero-order chi connectivity index (χ0) is 16.1. The molecule has 0 aromatic carbocycles. The van der Waals surface area contributed by atoms with Crippen LogP contribution in [0, 0.1) is 0 Å². The van der Waals surface area contributed by atoms with Gasteiger partial charge in [-0.05, 0) is 59.4 Å². The fraction of sp³-hybridized carbons (Fsp3) is 0.941. The molecule has 2 rings (SSSR count). The first-order chi connectivity index (χ1) is 10.5. The first-order valence-electron chi connectivity index (χ1n) is 8.94. The largest absolute Gasteiger partial charge is 0.393 e. The van der Waals surface area contributed by atoms with Crippen molar-refractivity contribution in [3.8, 4) is 0 Å². The van der Waals surface area contributed by atoms with Crippen LogP contribution >= 0.6 is 0 Å². The van der Waals surface area contributed by atoms with Crippen molar-refractivity contribution in [3.63, 3.8) is 0 Å². The van der Waals surface area contributed by atoms with Gasteiger partial charge in [0.25, 0.3) is 0 Å². The van der Waals surface area contributed by atoms with Crippen molar-refractivity contribution in [2.75, 3.05) is 26.2 Å². The van der Waals surface area contributed by atoms with Gasteiger partial charge < -0.3 is 15.3 Å². The Bertz CT molecular complexity index is 346. The highest BCUT2D eigenvalue weighted by atomic mass is 16.3. The van der Waals surface area contributed by atoms with Crippen LogP contribution in [0.15, 0.2) is 0 Å². The standard InChI is InChI=1S/C17H33N3O2/c1-13-5-6-14(2)20(13)15(3)17(22)18-9-4-10-19-11-7-16(21)8-12-19/h13-16,21H,4-12H2,1-3H3,(H,18,22). The first kappa shape index (κ1) is 17.7. The highest BCUT2D eigenvalue weighted by Crippen LogP contribution is 2.25. The molecular formula is C17H33N3O2. The maximum Gasteiger partial charge on any atom is 0.237 e. The van der Waals surface area contributed by atoms with Gasteiger partial charge in [0.05, 0.1) is 12.1 Å². The topological polar surface area (TPSA) is 55.8 Å². The summed E-state index contributed by atoms with van der Waals surface area (Å²) in [6.07, 6.45) is 5.03. The Hall–Kier alpha value is -0.650. The number of amides is 1. The molecule has 0 spiro atoms. The molecule has 0 saturated carbocycles. The van der Waals surface area contributed by atoms with E-state index >= 15 is 0 Å². The minimum Gasteiger partial charge on any atom is -0.393 e. The van der Waals surface area contributed by atoms with Gasteiger partial charge in [0.15, 0.2) is 0 Å². The molecule has 3 atom stereocenters. The first-order valence-corrected chi connectivity index (χ1v) is 8.94. The molecule has 0 aromatic rings. The van der Waals surface area contributed by atoms with E-state index < -0.39 is 0 Å². The van der Waals surface area contributed by atoms with Gasteiger partial charge in [0.2, 0.25) is 5.91 Å². The van der Waals surface area contributed by atoms with Crippen LogP contribution in [0.3, 0.4) is 0 Å². The lowest BCUT2D eigenvalue weighted by molar-refractivity contribution is -0.126. The van der Waals surface area contributed by atoms with Crippen LogP contribution in [0.2, 0.25) is 0 Å². The van der Waals surface area contributed by atoms with Crippen LogP contribution < -0.4 is 5.32 Å². The minimum absolute atomic E-state index is 0.0300. The quantitative estimate of drug-likeness (QED) is 0.724. The van der Waals surface area contributed by atoms with E-state index in [4.69, 9.17) is 0 Å². The highest BCUT2D eigenvalue weighted by Gasteiger charge is 2.34. The van der Waals surface area contributed by atoms with Crippen molar-refractivity contribution in [2.45, 2.75) is 77.1 Å². The van der Waals surface area contributed by atoms with Crippen LogP contribution in [0.4, 0.5) is 0 Å². The number of aliphatic hydroxyl groups excluding tert-OH is 1. The Morgan fingerprint density at radius 2 is 1.77 bits per heavy atom. The smallest absolute Gasteiger partial charge is 0.237 e. The molecular weight excluding hydrogens is 278 g/mol. The molecule has 0 aliphatic carbocycles. The zero-order valence-electron chi connectivity index (χ0n) is 14.4. The second-order valence-corrected chi connectivity index (χ2v) is 7.12. The van der Waals surface area contributed by atoms with Crippen LogP contribution in [0.25, 0.3) is 0 Å². The third-order valence-electron chi connectivity index (χ3n) is 5.35. The van der Waals surface area contributed by atoms with Crippen molar-refractivity contribution < 1.29 is 9.90 Å². The van der Waals surface area contributed by atoms with Crippen LogP contribution in [-0.4, -0.2) is 71.2 Å². The molecule has 5 nitrogen and oxygen atoms in total. The van der Waals surface area contributed by atoms with E-state index in [2.05, 4.69) is 29.0 Å². The average Bonchev–Trinajstić information content (AvgIpc) is 2.83. The fourth-order valence-corrected chi connectivity index (χ4v) is 3.92. The lowest BCUT2D eigenvalue weighted by atomic mass is 10.1. The van der Waals surface area contributed by atoms with Gasteiger partial charge in [-0.25, -0.2) is 0 Å². The highest BCUT2D eigenvalue weighted by molar-refractivity contribution is 5.81. The zero-order valence-corrected chi connectivity index (χ0v) is 14.4. The van der Waals surface area contributed by atoms with Gasteiger partial charge in [-0.2, -0.15) is 0 Å². The summed E-state index contributed by atoms with van der Waals surface area (Å²) in [5, 5.41) is 12.6. The van der Waals surface area contributed by atoms with E-state index in [1.54, 1.807) is 0 Å². The molecule has 2 aliphatic heterocycles. The molecule has 2 aliphatic rings.